The van der Waals surface area contributed by atoms with E-state index in [0.29, 0.717) is 13.0 Å². The van der Waals surface area contributed by atoms with E-state index in [9.17, 15) is 14.7 Å². The number of amides is 1. The summed E-state index contributed by atoms with van der Waals surface area (Å²) in [6.45, 7) is 0.703. The predicted octanol–water partition coefficient (Wildman–Crippen LogP) is 1.20. The van der Waals surface area contributed by atoms with Crippen molar-refractivity contribution in [2.45, 2.75) is 12.8 Å². The number of ketones is 1. The summed E-state index contributed by atoms with van der Waals surface area (Å²) >= 11 is 0. The number of hydrogen-bond donors (Lipinski definition) is 1. The van der Waals surface area contributed by atoms with Gasteiger partial charge in [-0.3, -0.25) is 9.59 Å². The lowest BCUT2D eigenvalue weighted by atomic mass is 10.1. The van der Waals surface area contributed by atoms with Gasteiger partial charge in [0, 0.05) is 13.0 Å². The van der Waals surface area contributed by atoms with Crippen LogP contribution in [0.3, 0.4) is 0 Å². The van der Waals surface area contributed by atoms with Crippen LogP contribution in [0.15, 0.2) is 24.3 Å². The second kappa shape index (κ2) is 4.35. The Labute approximate surface area is 93.5 Å². The summed E-state index contributed by atoms with van der Waals surface area (Å²) in [5, 5.41) is 9.50. The minimum Gasteiger partial charge on any atom is -0.507 e. The van der Waals surface area contributed by atoms with Gasteiger partial charge in [-0.25, -0.2) is 0 Å². The van der Waals surface area contributed by atoms with E-state index in [0.717, 1.165) is 6.42 Å². The first kappa shape index (κ1) is 10.7. The molecule has 1 aliphatic rings. The molecule has 0 bridgehead atoms. The Bertz CT molecular complexity index is 428. The Balaban J connectivity index is 2.09. The molecule has 1 saturated heterocycles. The highest BCUT2D eigenvalue weighted by molar-refractivity contribution is 6.01. The Hall–Kier alpha value is -1.84. The fourth-order valence-electron chi connectivity index (χ4n) is 1.84. The zero-order valence-electron chi connectivity index (χ0n) is 8.85. The Morgan fingerprint density at radius 2 is 2.12 bits per heavy atom. The van der Waals surface area contributed by atoms with Crippen LogP contribution in [-0.4, -0.2) is 34.8 Å². The van der Waals surface area contributed by atoms with E-state index in [1.807, 2.05) is 0 Å². The van der Waals surface area contributed by atoms with Gasteiger partial charge in [0.2, 0.25) is 5.91 Å². The fraction of sp³-hybridized carbons (Fsp3) is 0.333. The van der Waals surface area contributed by atoms with Gasteiger partial charge in [0.05, 0.1) is 12.1 Å². The number of phenolic OH excluding ortho intramolecular Hbond substituents is 1. The van der Waals surface area contributed by atoms with Crippen molar-refractivity contribution in [3.8, 4) is 5.75 Å². The van der Waals surface area contributed by atoms with Gasteiger partial charge in [0.1, 0.15) is 5.75 Å². The molecule has 1 heterocycles. The molecule has 0 radical (unpaired) electrons. The molecule has 1 amide bonds. The first-order valence-electron chi connectivity index (χ1n) is 5.27. The number of benzene rings is 1. The van der Waals surface area contributed by atoms with E-state index >= 15 is 0 Å². The van der Waals surface area contributed by atoms with Crippen LogP contribution < -0.4 is 0 Å². The largest absolute Gasteiger partial charge is 0.507 e. The maximum Gasteiger partial charge on any atom is 0.223 e. The van der Waals surface area contributed by atoms with Gasteiger partial charge in [0.15, 0.2) is 5.78 Å². The third-order valence-electron chi connectivity index (χ3n) is 2.71. The molecule has 1 aromatic rings. The van der Waals surface area contributed by atoms with E-state index in [4.69, 9.17) is 0 Å². The van der Waals surface area contributed by atoms with Crippen molar-refractivity contribution in [3.05, 3.63) is 29.8 Å². The molecule has 0 aromatic heterocycles. The Kier molecular flexibility index (Phi) is 2.90. The molecular weight excluding hydrogens is 206 g/mol. The van der Waals surface area contributed by atoms with E-state index in [-0.39, 0.29) is 29.5 Å². The van der Waals surface area contributed by atoms with Crippen molar-refractivity contribution < 1.29 is 14.7 Å². The predicted molar refractivity (Wildman–Crippen MR) is 58.3 cm³/mol. The molecule has 0 saturated carbocycles. The topological polar surface area (TPSA) is 57.6 Å². The molecule has 1 fully saturated rings. The minimum absolute atomic E-state index is 0.0174. The number of carbonyl (C=O) groups excluding carboxylic acids is 2. The smallest absolute Gasteiger partial charge is 0.223 e. The van der Waals surface area contributed by atoms with Gasteiger partial charge in [-0.2, -0.15) is 0 Å². The minimum atomic E-state index is -0.214. The normalized spacial score (nSPS) is 15.5. The van der Waals surface area contributed by atoms with Crippen LogP contribution in [0.2, 0.25) is 0 Å². The number of nitrogens with zero attached hydrogens (tertiary/aromatic N) is 1. The molecule has 0 atom stereocenters. The monoisotopic (exact) mass is 219 g/mol. The third kappa shape index (κ3) is 2.05. The lowest BCUT2D eigenvalue weighted by Crippen LogP contribution is -2.30. The first-order valence-corrected chi connectivity index (χ1v) is 5.27. The number of carbonyl (C=O) groups is 2. The zero-order chi connectivity index (χ0) is 11.5. The maximum atomic E-state index is 11.8. The lowest BCUT2D eigenvalue weighted by Gasteiger charge is -2.14. The Morgan fingerprint density at radius 3 is 2.75 bits per heavy atom. The standard InChI is InChI=1S/C12H13NO3/c14-10-5-2-1-4-9(10)11(15)8-13-7-3-6-12(13)16/h1-2,4-5,14H,3,6-8H2. The van der Waals surface area contributed by atoms with E-state index < -0.39 is 0 Å². The SMILES string of the molecule is O=C(CN1CCCC1=O)c1ccccc1O. The van der Waals surface area contributed by atoms with Crippen LogP contribution in [0.4, 0.5) is 0 Å². The highest BCUT2D eigenvalue weighted by Gasteiger charge is 2.23. The van der Waals surface area contributed by atoms with Crippen LogP contribution in [0.25, 0.3) is 0 Å². The molecule has 0 unspecified atom stereocenters. The lowest BCUT2D eigenvalue weighted by molar-refractivity contribution is -0.127. The summed E-state index contributed by atoms with van der Waals surface area (Å²) in [6, 6.07) is 6.39. The third-order valence-corrected chi connectivity index (χ3v) is 2.71. The van der Waals surface area contributed by atoms with Crippen molar-refractivity contribution in [2.24, 2.45) is 0 Å². The number of rotatable bonds is 3. The quantitative estimate of drug-likeness (QED) is 0.777. The van der Waals surface area contributed by atoms with Gasteiger partial charge in [-0.15, -0.1) is 0 Å². The van der Waals surface area contributed by atoms with Crippen molar-refractivity contribution in [3.63, 3.8) is 0 Å². The van der Waals surface area contributed by atoms with Crippen LogP contribution in [0.5, 0.6) is 5.75 Å². The summed E-state index contributed by atoms with van der Waals surface area (Å²) < 4.78 is 0. The summed E-state index contributed by atoms with van der Waals surface area (Å²) in [6.07, 6.45) is 1.33. The number of likely N-dealkylation sites (tertiary alicyclic amines) is 1. The molecule has 1 N–H and O–H groups in total. The highest BCUT2D eigenvalue weighted by atomic mass is 16.3. The van der Waals surface area contributed by atoms with Crippen LogP contribution in [0, 0.1) is 0 Å². The van der Waals surface area contributed by atoms with Gasteiger partial charge >= 0.3 is 0 Å². The van der Waals surface area contributed by atoms with Crippen LogP contribution >= 0.6 is 0 Å². The second-order valence-corrected chi connectivity index (χ2v) is 3.86. The summed E-state index contributed by atoms with van der Waals surface area (Å²) in [5.74, 6) is -0.226. The highest BCUT2D eigenvalue weighted by Crippen LogP contribution is 2.18. The molecular formula is C12H13NO3. The van der Waals surface area contributed by atoms with Crippen molar-refractivity contribution in [1.29, 1.82) is 0 Å². The molecule has 0 spiro atoms. The molecule has 1 aromatic carbocycles. The summed E-state index contributed by atoms with van der Waals surface area (Å²) in [7, 11) is 0. The van der Waals surface area contributed by atoms with Crippen molar-refractivity contribution in [1.82, 2.24) is 4.90 Å². The van der Waals surface area contributed by atoms with E-state index in [1.54, 1.807) is 18.2 Å². The average Bonchev–Trinajstić information content (AvgIpc) is 2.65. The fourth-order valence-corrected chi connectivity index (χ4v) is 1.84. The molecule has 4 nitrogen and oxygen atoms in total. The van der Waals surface area contributed by atoms with Crippen molar-refractivity contribution >= 4 is 11.7 Å². The maximum absolute atomic E-state index is 11.8. The molecule has 2 rings (SSSR count). The molecule has 0 aliphatic carbocycles. The van der Waals surface area contributed by atoms with Crippen LogP contribution in [-0.2, 0) is 4.79 Å². The number of phenols is 1. The first-order chi connectivity index (χ1) is 7.68. The van der Waals surface area contributed by atoms with Gasteiger partial charge in [-0.05, 0) is 18.6 Å². The zero-order valence-corrected chi connectivity index (χ0v) is 8.85. The number of aromatic hydroxyl groups is 1. The van der Waals surface area contributed by atoms with E-state index in [2.05, 4.69) is 0 Å². The number of hydrogen-bond acceptors (Lipinski definition) is 3. The second-order valence-electron chi connectivity index (χ2n) is 3.86. The van der Waals surface area contributed by atoms with E-state index in [1.165, 1.54) is 11.0 Å². The molecule has 84 valence electrons. The number of Topliss-reactive ketones (excluding diaryl/α,β-unsaturated/α-hetero) is 1. The van der Waals surface area contributed by atoms with Gasteiger partial charge in [-0.1, -0.05) is 12.1 Å². The van der Waals surface area contributed by atoms with Gasteiger partial charge in [0.25, 0.3) is 0 Å². The van der Waals surface area contributed by atoms with Gasteiger partial charge < -0.3 is 10.0 Å². The molecule has 1 aliphatic heterocycles. The summed E-state index contributed by atoms with van der Waals surface area (Å²) in [5.41, 5.74) is 0.280. The Morgan fingerprint density at radius 1 is 1.38 bits per heavy atom. The average molecular weight is 219 g/mol. The van der Waals surface area contributed by atoms with Crippen molar-refractivity contribution in [2.75, 3.05) is 13.1 Å². The molecule has 4 heteroatoms. The summed E-state index contributed by atoms with van der Waals surface area (Å²) in [4.78, 5) is 24.7. The molecule has 16 heavy (non-hydrogen) atoms. The number of para-hydroxylation sites is 1. The van der Waals surface area contributed by atoms with Crippen LogP contribution in [0.1, 0.15) is 23.2 Å².